The van der Waals surface area contributed by atoms with Gasteiger partial charge in [-0.05, 0) is 61.2 Å². The van der Waals surface area contributed by atoms with Gasteiger partial charge in [0.2, 0.25) is 6.79 Å². The summed E-state index contributed by atoms with van der Waals surface area (Å²) in [5, 5.41) is 0. The Morgan fingerprint density at radius 1 is 1.17 bits per heavy atom. The van der Waals surface area contributed by atoms with Crippen molar-refractivity contribution in [1.82, 2.24) is 4.90 Å². The molecule has 0 spiro atoms. The van der Waals surface area contributed by atoms with E-state index in [0.717, 1.165) is 30.9 Å². The number of likely N-dealkylation sites (N-methyl/N-ethyl adjacent to an activating group) is 1. The second-order valence-corrected chi connectivity index (χ2v) is 6.87. The zero-order valence-corrected chi connectivity index (χ0v) is 14.1. The normalized spacial score (nSPS) is 18.0. The standard InChI is InChI=1S/C20H23NO2/c1-13-10-14-6-4-5-7-16(14)19-18(13)15(8-9-21(2)3)11-17-20(19)23-12-22-17/h4-7,11,13H,8-10,12H2,1-3H3. The number of ether oxygens (including phenoxy) is 2. The average Bonchev–Trinajstić information content (AvgIpc) is 3.00. The molecule has 0 saturated heterocycles. The van der Waals surface area contributed by atoms with E-state index in [4.69, 9.17) is 9.47 Å². The lowest BCUT2D eigenvalue weighted by molar-refractivity contribution is 0.174. The van der Waals surface area contributed by atoms with Crippen molar-refractivity contribution >= 4 is 0 Å². The Balaban J connectivity index is 1.93. The summed E-state index contributed by atoms with van der Waals surface area (Å²) in [5.74, 6) is 2.35. The maximum atomic E-state index is 5.85. The SMILES string of the molecule is CC1Cc2ccccc2-c2c3c(cc(CCN(C)C)c21)OCO3. The van der Waals surface area contributed by atoms with Crippen LogP contribution in [0.3, 0.4) is 0 Å². The minimum Gasteiger partial charge on any atom is -0.454 e. The van der Waals surface area contributed by atoms with Gasteiger partial charge in [0.1, 0.15) is 0 Å². The molecule has 1 atom stereocenters. The number of hydrogen-bond donors (Lipinski definition) is 0. The van der Waals surface area contributed by atoms with Crippen LogP contribution in [0.5, 0.6) is 11.5 Å². The molecule has 3 heteroatoms. The van der Waals surface area contributed by atoms with E-state index in [-0.39, 0.29) is 0 Å². The maximum Gasteiger partial charge on any atom is 0.231 e. The fourth-order valence-corrected chi connectivity index (χ4v) is 3.87. The van der Waals surface area contributed by atoms with Crippen LogP contribution in [0.25, 0.3) is 11.1 Å². The molecule has 2 aromatic carbocycles. The third-order valence-corrected chi connectivity index (χ3v) is 4.92. The lowest BCUT2D eigenvalue weighted by Gasteiger charge is -2.29. The Morgan fingerprint density at radius 3 is 2.83 bits per heavy atom. The van der Waals surface area contributed by atoms with Crippen LogP contribution in [0.15, 0.2) is 30.3 Å². The summed E-state index contributed by atoms with van der Waals surface area (Å²) in [5.41, 5.74) is 6.85. The smallest absolute Gasteiger partial charge is 0.231 e. The lowest BCUT2D eigenvalue weighted by Crippen LogP contribution is -2.18. The van der Waals surface area contributed by atoms with Crippen LogP contribution < -0.4 is 9.47 Å². The highest BCUT2D eigenvalue weighted by molar-refractivity contribution is 5.83. The first-order valence-corrected chi connectivity index (χ1v) is 8.33. The minimum absolute atomic E-state index is 0.329. The quantitative estimate of drug-likeness (QED) is 0.859. The van der Waals surface area contributed by atoms with Crippen molar-refractivity contribution in [3.8, 4) is 22.6 Å². The molecule has 3 nitrogen and oxygen atoms in total. The molecule has 2 aromatic rings. The molecule has 1 heterocycles. The molecule has 0 saturated carbocycles. The van der Waals surface area contributed by atoms with Gasteiger partial charge in [0.05, 0.1) is 0 Å². The first kappa shape index (κ1) is 14.6. The van der Waals surface area contributed by atoms with Crippen LogP contribution in [0, 0.1) is 0 Å². The Bertz CT molecular complexity index is 752. The van der Waals surface area contributed by atoms with Gasteiger partial charge in [0, 0.05) is 12.1 Å². The largest absolute Gasteiger partial charge is 0.454 e. The number of benzene rings is 2. The van der Waals surface area contributed by atoms with Gasteiger partial charge in [-0.25, -0.2) is 0 Å². The molecule has 4 rings (SSSR count). The van der Waals surface area contributed by atoms with Gasteiger partial charge in [-0.15, -0.1) is 0 Å². The van der Waals surface area contributed by atoms with Crippen molar-refractivity contribution in [3.63, 3.8) is 0 Å². The number of rotatable bonds is 3. The van der Waals surface area contributed by atoms with E-state index in [2.05, 4.69) is 56.3 Å². The third kappa shape index (κ3) is 2.40. The summed E-state index contributed by atoms with van der Waals surface area (Å²) in [6, 6.07) is 10.9. The molecule has 0 amide bonds. The summed E-state index contributed by atoms with van der Waals surface area (Å²) >= 11 is 0. The minimum atomic E-state index is 0.329. The van der Waals surface area contributed by atoms with E-state index in [1.165, 1.54) is 27.8 Å². The van der Waals surface area contributed by atoms with E-state index < -0.39 is 0 Å². The zero-order valence-electron chi connectivity index (χ0n) is 14.1. The highest BCUT2D eigenvalue weighted by Crippen LogP contribution is 2.51. The zero-order chi connectivity index (χ0) is 16.0. The summed E-state index contributed by atoms with van der Waals surface area (Å²) < 4.78 is 11.6. The average molecular weight is 309 g/mol. The van der Waals surface area contributed by atoms with Gasteiger partial charge >= 0.3 is 0 Å². The molecule has 0 radical (unpaired) electrons. The topological polar surface area (TPSA) is 21.7 Å². The van der Waals surface area contributed by atoms with Crippen molar-refractivity contribution in [2.45, 2.75) is 25.7 Å². The van der Waals surface area contributed by atoms with Gasteiger partial charge < -0.3 is 14.4 Å². The van der Waals surface area contributed by atoms with Gasteiger partial charge in [-0.3, -0.25) is 0 Å². The lowest BCUT2D eigenvalue weighted by atomic mass is 9.76. The third-order valence-electron chi connectivity index (χ3n) is 4.92. The molecule has 0 aromatic heterocycles. The van der Waals surface area contributed by atoms with E-state index in [0.29, 0.717) is 12.7 Å². The molecule has 1 unspecified atom stereocenters. The molecule has 23 heavy (non-hydrogen) atoms. The molecule has 2 aliphatic rings. The van der Waals surface area contributed by atoms with E-state index >= 15 is 0 Å². The molecular weight excluding hydrogens is 286 g/mol. The van der Waals surface area contributed by atoms with Crippen molar-refractivity contribution in [2.24, 2.45) is 0 Å². The van der Waals surface area contributed by atoms with Crippen LogP contribution in [-0.4, -0.2) is 32.3 Å². The summed E-state index contributed by atoms with van der Waals surface area (Å²) in [6.07, 6.45) is 2.14. The van der Waals surface area contributed by atoms with E-state index in [9.17, 15) is 0 Å². The Hall–Kier alpha value is -2.00. The molecule has 0 fully saturated rings. The predicted octanol–water partition coefficient (Wildman–Crippen LogP) is 3.85. The van der Waals surface area contributed by atoms with Crippen molar-refractivity contribution < 1.29 is 9.47 Å². The van der Waals surface area contributed by atoms with Crippen LogP contribution in [-0.2, 0) is 12.8 Å². The van der Waals surface area contributed by atoms with E-state index in [1.807, 2.05) is 0 Å². The molecule has 120 valence electrons. The number of nitrogens with zero attached hydrogens (tertiary/aromatic N) is 1. The van der Waals surface area contributed by atoms with Crippen LogP contribution in [0.2, 0.25) is 0 Å². The van der Waals surface area contributed by atoms with Gasteiger partial charge in [-0.2, -0.15) is 0 Å². The Labute approximate surface area is 137 Å². The number of fused-ring (bicyclic) bond motifs is 5. The van der Waals surface area contributed by atoms with Gasteiger partial charge in [-0.1, -0.05) is 31.2 Å². The van der Waals surface area contributed by atoms with Crippen LogP contribution in [0.1, 0.15) is 29.5 Å². The maximum absolute atomic E-state index is 5.85. The Morgan fingerprint density at radius 2 is 2.00 bits per heavy atom. The summed E-state index contributed by atoms with van der Waals surface area (Å²) in [7, 11) is 4.25. The number of hydrogen-bond acceptors (Lipinski definition) is 3. The van der Waals surface area contributed by atoms with Crippen LogP contribution in [0.4, 0.5) is 0 Å². The summed E-state index contributed by atoms with van der Waals surface area (Å²) in [6.45, 7) is 3.70. The second kappa shape index (κ2) is 5.57. The molecule has 0 N–H and O–H groups in total. The Kier molecular flexibility index (Phi) is 3.53. The van der Waals surface area contributed by atoms with Gasteiger partial charge in [0.25, 0.3) is 0 Å². The van der Waals surface area contributed by atoms with Crippen molar-refractivity contribution in [3.05, 3.63) is 47.0 Å². The van der Waals surface area contributed by atoms with Crippen molar-refractivity contribution in [1.29, 1.82) is 0 Å². The van der Waals surface area contributed by atoms with Crippen LogP contribution >= 0.6 is 0 Å². The first-order valence-electron chi connectivity index (χ1n) is 8.33. The highest BCUT2D eigenvalue weighted by Gasteiger charge is 2.31. The summed E-state index contributed by atoms with van der Waals surface area (Å²) in [4.78, 5) is 2.23. The fourth-order valence-electron chi connectivity index (χ4n) is 3.87. The molecule has 1 aliphatic heterocycles. The molecule has 1 aliphatic carbocycles. The molecule has 0 bridgehead atoms. The fraction of sp³-hybridized carbons (Fsp3) is 0.400. The highest BCUT2D eigenvalue weighted by atomic mass is 16.7. The predicted molar refractivity (Wildman–Crippen MR) is 92.4 cm³/mol. The second-order valence-electron chi connectivity index (χ2n) is 6.87. The monoisotopic (exact) mass is 309 g/mol. The first-order chi connectivity index (χ1) is 11.1. The van der Waals surface area contributed by atoms with E-state index in [1.54, 1.807) is 0 Å². The van der Waals surface area contributed by atoms with Crippen molar-refractivity contribution in [2.75, 3.05) is 27.4 Å². The molecular formula is C20H23NO2. The van der Waals surface area contributed by atoms with Gasteiger partial charge in [0.15, 0.2) is 11.5 Å².